The summed E-state index contributed by atoms with van der Waals surface area (Å²) in [5, 5.41) is 11.0. The minimum Gasteiger partial charge on any atom is -0.388 e. The zero-order chi connectivity index (χ0) is 20.2. The van der Waals surface area contributed by atoms with E-state index in [9.17, 15) is 0 Å². The average Bonchev–Trinajstić information content (AvgIpc) is 2.82. The number of hydrogen-bond acceptors (Lipinski definition) is 2. The highest BCUT2D eigenvalue weighted by Crippen LogP contribution is 2.67. The molecule has 146 valence electrons. The minimum absolute atomic E-state index is 0.211. The second-order valence-electron chi connectivity index (χ2n) is 7.30. The fraction of sp³-hybridized carbons (Fsp3) is 0.154. The third-order valence-electron chi connectivity index (χ3n) is 5.92. The number of benzene rings is 3. The molecule has 0 bridgehead atoms. The summed E-state index contributed by atoms with van der Waals surface area (Å²) in [7, 11) is 2.02. The molecule has 0 saturated carbocycles. The van der Waals surface area contributed by atoms with Crippen LogP contribution < -0.4 is 26.5 Å². The summed E-state index contributed by atoms with van der Waals surface area (Å²) in [6.45, 7) is 0. The van der Waals surface area contributed by atoms with Crippen LogP contribution in [0.25, 0.3) is 0 Å². The number of rotatable bonds is 6. The predicted molar refractivity (Wildman–Crippen MR) is 128 cm³/mol. The van der Waals surface area contributed by atoms with E-state index in [1.54, 1.807) is 0 Å². The molecule has 0 heterocycles. The largest absolute Gasteiger partial charge is 0.388 e. The van der Waals surface area contributed by atoms with Gasteiger partial charge in [0.05, 0.1) is 0 Å². The Labute approximate surface area is 174 Å². The quantitative estimate of drug-likeness (QED) is 0.613. The maximum atomic E-state index is 3.79. The lowest BCUT2D eigenvalue weighted by atomic mass is 10.1. The maximum Gasteiger partial charge on any atom is 0.166 e. The average molecular weight is 399 g/mol. The fourth-order valence-corrected chi connectivity index (χ4v) is 9.64. The van der Waals surface area contributed by atoms with Crippen LogP contribution in [0.5, 0.6) is 0 Å². The van der Waals surface area contributed by atoms with Gasteiger partial charge in [-0.3, -0.25) is 5.32 Å². The molecule has 2 nitrogen and oxygen atoms in total. The predicted octanol–water partition coefficient (Wildman–Crippen LogP) is 3.96. The number of allylic oxidation sites excluding steroid dienone is 1. The van der Waals surface area contributed by atoms with Crippen molar-refractivity contribution < 1.29 is 0 Å². The molecule has 2 N–H and O–H groups in total. The van der Waals surface area contributed by atoms with Crippen molar-refractivity contribution >= 4 is 23.2 Å². The van der Waals surface area contributed by atoms with Gasteiger partial charge in [-0.2, -0.15) is 0 Å². The zero-order valence-electron chi connectivity index (χ0n) is 17.0. The van der Waals surface area contributed by atoms with Gasteiger partial charge in [-0.15, -0.1) is 0 Å². The van der Waals surface area contributed by atoms with E-state index < -0.39 is 7.26 Å². The van der Waals surface area contributed by atoms with Crippen molar-refractivity contribution in [2.45, 2.75) is 11.7 Å². The van der Waals surface area contributed by atoms with Gasteiger partial charge in [0, 0.05) is 19.2 Å². The summed E-state index contributed by atoms with van der Waals surface area (Å²) in [6, 6.07) is 33.1. The number of hydrogen-bond donors (Lipinski definition) is 2. The Morgan fingerprint density at radius 3 is 1.45 bits per heavy atom. The van der Waals surface area contributed by atoms with Crippen molar-refractivity contribution in [3.8, 4) is 0 Å². The normalized spacial score (nSPS) is 18.9. The van der Waals surface area contributed by atoms with Gasteiger partial charge in [0.2, 0.25) is 0 Å². The van der Waals surface area contributed by atoms with E-state index in [0.29, 0.717) is 0 Å². The summed E-state index contributed by atoms with van der Waals surface area (Å²) < 4.78 is 0. The summed E-state index contributed by atoms with van der Waals surface area (Å²) >= 11 is 0. The first-order valence-electron chi connectivity index (χ1n) is 10.1. The van der Waals surface area contributed by atoms with Crippen LogP contribution in [-0.2, 0) is 0 Å². The first-order valence-corrected chi connectivity index (χ1v) is 11.9. The molecule has 3 aromatic carbocycles. The molecule has 1 atom stereocenters. The molecule has 4 rings (SSSR count). The Balaban J connectivity index is 2.09. The van der Waals surface area contributed by atoms with Crippen molar-refractivity contribution in [2.75, 3.05) is 14.1 Å². The zero-order valence-corrected chi connectivity index (χ0v) is 17.9. The van der Waals surface area contributed by atoms with Gasteiger partial charge < -0.3 is 5.32 Å². The highest BCUT2D eigenvalue weighted by Gasteiger charge is 2.61. The smallest absolute Gasteiger partial charge is 0.166 e. The highest BCUT2D eigenvalue weighted by molar-refractivity contribution is 7.97. The van der Waals surface area contributed by atoms with Gasteiger partial charge in [0.25, 0.3) is 0 Å². The lowest BCUT2D eigenvalue weighted by Gasteiger charge is -2.43. The first kappa shape index (κ1) is 19.6. The third-order valence-corrected chi connectivity index (χ3v) is 10.9. The molecule has 3 aromatic rings. The second kappa shape index (κ2) is 8.37. The minimum atomic E-state index is -2.07. The fourth-order valence-electron chi connectivity index (χ4n) is 4.51. The Morgan fingerprint density at radius 2 is 1.14 bits per heavy atom. The molecule has 0 aliphatic heterocycles. The Bertz CT molecular complexity index is 900. The van der Waals surface area contributed by atoms with Crippen molar-refractivity contribution in [2.24, 2.45) is 0 Å². The molecule has 3 heteroatoms. The van der Waals surface area contributed by atoms with Crippen molar-refractivity contribution in [3.05, 3.63) is 115 Å². The van der Waals surface area contributed by atoms with E-state index in [-0.39, 0.29) is 5.28 Å². The first-order chi connectivity index (χ1) is 14.3. The van der Waals surface area contributed by atoms with Gasteiger partial charge in [0.1, 0.15) is 23.2 Å². The van der Waals surface area contributed by atoms with Crippen LogP contribution in [-0.4, -0.2) is 19.4 Å². The van der Waals surface area contributed by atoms with Crippen LogP contribution in [0.15, 0.2) is 115 Å². The van der Waals surface area contributed by atoms with E-state index in [1.807, 2.05) is 7.05 Å². The van der Waals surface area contributed by atoms with Gasteiger partial charge in [-0.05, 0) is 55.6 Å². The van der Waals surface area contributed by atoms with E-state index in [0.717, 1.165) is 6.42 Å². The van der Waals surface area contributed by atoms with Crippen LogP contribution in [0, 0.1) is 0 Å². The molecule has 0 radical (unpaired) electrons. The molecule has 1 aliphatic carbocycles. The van der Waals surface area contributed by atoms with E-state index in [1.165, 1.54) is 21.6 Å². The maximum absolute atomic E-state index is 3.79. The van der Waals surface area contributed by atoms with Gasteiger partial charge >= 0.3 is 0 Å². The van der Waals surface area contributed by atoms with E-state index >= 15 is 0 Å². The highest BCUT2D eigenvalue weighted by atomic mass is 31.2. The molecule has 0 aromatic heterocycles. The molecule has 0 fully saturated rings. The van der Waals surface area contributed by atoms with E-state index in [2.05, 4.69) is 127 Å². The summed E-state index contributed by atoms with van der Waals surface area (Å²) in [5.41, 5.74) is 1.17. The Morgan fingerprint density at radius 1 is 0.690 bits per heavy atom. The third kappa shape index (κ3) is 3.23. The molecular formula is C26H28N2P+. The molecule has 0 spiro atoms. The van der Waals surface area contributed by atoms with Crippen LogP contribution >= 0.6 is 7.26 Å². The number of nitrogens with one attached hydrogen (secondary N) is 2. The van der Waals surface area contributed by atoms with Crippen LogP contribution in [0.1, 0.15) is 6.42 Å². The van der Waals surface area contributed by atoms with Crippen molar-refractivity contribution in [1.29, 1.82) is 0 Å². The van der Waals surface area contributed by atoms with Gasteiger partial charge in [-0.25, -0.2) is 0 Å². The molecule has 29 heavy (non-hydrogen) atoms. The van der Waals surface area contributed by atoms with Gasteiger partial charge in [0.15, 0.2) is 5.28 Å². The van der Waals surface area contributed by atoms with E-state index in [4.69, 9.17) is 0 Å². The second-order valence-corrected chi connectivity index (χ2v) is 11.0. The molecular weight excluding hydrogens is 371 g/mol. The lowest BCUT2D eigenvalue weighted by molar-refractivity contribution is 0.598. The topological polar surface area (TPSA) is 24.1 Å². The summed E-state index contributed by atoms with van der Waals surface area (Å²) in [4.78, 5) is 0. The summed E-state index contributed by atoms with van der Waals surface area (Å²) in [6.07, 6.45) is 7.85. The van der Waals surface area contributed by atoms with Crippen LogP contribution in [0.2, 0.25) is 0 Å². The standard InChI is InChI=1S/C26H28N2P/c1-27-22-18-20-26(28-2,21-19-22)29(23-12-6-3-7-13-23,24-14-8-4-9-15-24)25-16-10-5-11-17-25/h3-20,27-28H,21H2,1-2H3/q+1. The van der Waals surface area contributed by atoms with Crippen molar-refractivity contribution in [3.63, 3.8) is 0 Å². The SMILES string of the molecule is CNC1=CCC(NC)([P+](c2ccccc2)(c2ccccc2)c2ccccc2)C=C1. The van der Waals surface area contributed by atoms with Crippen molar-refractivity contribution in [1.82, 2.24) is 10.6 Å². The van der Waals surface area contributed by atoms with Crippen LogP contribution in [0.3, 0.4) is 0 Å². The number of likely N-dealkylation sites (N-methyl/N-ethyl adjacent to an activating group) is 2. The molecule has 1 unspecified atom stereocenters. The Kier molecular flexibility index (Phi) is 5.67. The Hall–Kier alpha value is -2.67. The molecule has 0 amide bonds. The lowest BCUT2D eigenvalue weighted by Crippen LogP contribution is -2.54. The van der Waals surface area contributed by atoms with Crippen LogP contribution in [0.4, 0.5) is 0 Å². The van der Waals surface area contributed by atoms with Gasteiger partial charge in [-0.1, -0.05) is 60.7 Å². The monoisotopic (exact) mass is 399 g/mol. The molecule has 1 aliphatic rings. The molecule has 0 saturated heterocycles. The summed E-state index contributed by atoms with van der Waals surface area (Å²) in [5.74, 6) is 0.